The maximum absolute atomic E-state index is 12.9. The Labute approximate surface area is 166 Å². The molecule has 0 atom stereocenters. The molecule has 2 aromatic carbocycles. The second-order valence-electron chi connectivity index (χ2n) is 6.65. The van der Waals surface area contributed by atoms with E-state index in [9.17, 15) is 9.59 Å². The fourth-order valence-corrected chi connectivity index (χ4v) is 4.86. The monoisotopic (exact) mass is 398 g/mol. The van der Waals surface area contributed by atoms with Gasteiger partial charge in [0.1, 0.15) is 4.88 Å². The first-order valence-corrected chi connectivity index (χ1v) is 10.1. The van der Waals surface area contributed by atoms with Crippen LogP contribution in [0.25, 0.3) is 10.1 Å². The maximum Gasteiger partial charge on any atom is 0.265 e. The molecule has 0 spiro atoms. The number of nitrogens with zero attached hydrogens (tertiary/aromatic N) is 1. The van der Waals surface area contributed by atoms with E-state index in [0.29, 0.717) is 28.6 Å². The summed E-state index contributed by atoms with van der Waals surface area (Å²) in [4.78, 5) is 27.6. The molecule has 1 N–H and O–H groups in total. The van der Waals surface area contributed by atoms with Gasteiger partial charge in [0.2, 0.25) is 0 Å². The molecule has 138 valence electrons. The van der Waals surface area contributed by atoms with Crippen molar-refractivity contribution < 1.29 is 9.59 Å². The van der Waals surface area contributed by atoms with Crippen LogP contribution in [0.3, 0.4) is 0 Å². The third-order valence-electron chi connectivity index (χ3n) is 4.88. The Morgan fingerprint density at radius 3 is 2.37 bits per heavy atom. The van der Waals surface area contributed by atoms with Crippen molar-refractivity contribution in [1.82, 2.24) is 10.2 Å². The van der Waals surface area contributed by atoms with Gasteiger partial charge in [0.05, 0.1) is 5.02 Å². The number of nitrogens with one attached hydrogen (secondary N) is 1. The minimum Gasteiger partial charge on any atom is -0.349 e. The SMILES string of the molecule is O=C(NC1CCN(C(=O)c2sc3ccccc3c2Cl)CC1)c1ccccc1. The fourth-order valence-electron chi connectivity index (χ4n) is 3.38. The van der Waals surface area contributed by atoms with E-state index in [-0.39, 0.29) is 17.9 Å². The lowest BCUT2D eigenvalue weighted by Gasteiger charge is -2.32. The number of piperidine rings is 1. The summed E-state index contributed by atoms with van der Waals surface area (Å²) in [5.74, 6) is -0.0815. The van der Waals surface area contributed by atoms with E-state index >= 15 is 0 Å². The zero-order chi connectivity index (χ0) is 18.8. The number of thiophene rings is 1. The van der Waals surface area contributed by atoms with Crippen LogP contribution in [0.15, 0.2) is 54.6 Å². The number of carbonyl (C=O) groups is 2. The number of hydrogen-bond donors (Lipinski definition) is 1. The number of benzene rings is 2. The molecule has 0 aliphatic carbocycles. The van der Waals surface area contributed by atoms with Crippen LogP contribution in [0.2, 0.25) is 5.02 Å². The molecule has 2 heterocycles. The molecular formula is C21H19ClN2O2S. The molecule has 3 aromatic rings. The summed E-state index contributed by atoms with van der Waals surface area (Å²) in [5.41, 5.74) is 0.660. The molecule has 0 saturated carbocycles. The van der Waals surface area contributed by atoms with Crippen LogP contribution >= 0.6 is 22.9 Å². The Bertz CT molecular complexity index is 978. The molecule has 0 bridgehead atoms. The van der Waals surface area contributed by atoms with Gasteiger partial charge >= 0.3 is 0 Å². The summed E-state index contributed by atoms with van der Waals surface area (Å²) >= 11 is 7.88. The maximum atomic E-state index is 12.9. The zero-order valence-corrected chi connectivity index (χ0v) is 16.2. The van der Waals surface area contributed by atoms with Gasteiger partial charge < -0.3 is 10.2 Å². The van der Waals surface area contributed by atoms with Crippen LogP contribution in [0.1, 0.15) is 32.9 Å². The summed E-state index contributed by atoms with van der Waals surface area (Å²) in [6.45, 7) is 1.23. The molecular weight excluding hydrogens is 380 g/mol. The lowest BCUT2D eigenvalue weighted by molar-refractivity contribution is 0.0703. The number of halogens is 1. The standard InChI is InChI=1S/C21H19ClN2O2S/c22-18-16-8-4-5-9-17(16)27-19(18)21(26)24-12-10-15(11-13-24)23-20(25)14-6-2-1-3-7-14/h1-9,15H,10-13H2,(H,23,25). The first-order valence-electron chi connectivity index (χ1n) is 8.95. The molecule has 0 unspecified atom stereocenters. The molecule has 1 aromatic heterocycles. The van der Waals surface area contributed by atoms with E-state index in [1.165, 1.54) is 11.3 Å². The molecule has 1 aliphatic heterocycles. The minimum atomic E-state index is -0.0621. The zero-order valence-electron chi connectivity index (χ0n) is 14.7. The quantitative estimate of drug-likeness (QED) is 0.701. The number of hydrogen-bond acceptors (Lipinski definition) is 3. The Kier molecular flexibility index (Phi) is 5.14. The Balaban J connectivity index is 1.39. The molecule has 0 radical (unpaired) electrons. The number of rotatable bonds is 3. The molecule has 6 heteroatoms. The second-order valence-corrected chi connectivity index (χ2v) is 8.08. The lowest BCUT2D eigenvalue weighted by atomic mass is 10.0. The van der Waals surface area contributed by atoms with Crippen LogP contribution in [-0.4, -0.2) is 35.8 Å². The first-order chi connectivity index (χ1) is 13.1. The van der Waals surface area contributed by atoms with Crippen molar-refractivity contribution in [2.45, 2.75) is 18.9 Å². The van der Waals surface area contributed by atoms with Gasteiger partial charge in [-0.2, -0.15) is 0 Å². The molecule has 27 heavy (non-hydrogen) atoms. The van der Waals surface area contributed by atoms with E-state index in [1.807, 2.05) is 47.4 Å². The van der Waals surface area contributed by atoms with Gasteiger partial charge in [-0.15, -0.1) is 11.3 Å². The van der Waals surface area contributed by atoms with Gasteiger partial charge in [-0.1, -0.05) is 48.0 Å². The molecule has 1 fully saturated rings. The van der Waals surface area contributed by atoms with E-state index in [2.05, 4.69) is 5.32 Å². The predicted octanol–water partition coefficient (Wildman–Crippen LogP) is 4.59. The van der Waals surface area contributed by atoms with Crippen LogP contribution in [0, 0.1) is 0 Å². The van der Waals surface area contributed by atoms with Gasteiger partial charge in [0.15, 0.2) is 0 Å². The summed E-state index contributed by atoms with van der Waals surface area (Å²) in [5, 5.41) is 4.54. The summed E-state index contributed by atoms with van der Waals surface area (Å²) in [6.07, 6.45) is 1.49. The van der Waals surface area contributed by atoms with Crippen LogP contribution in [0.4, 0.5) is 0 Å². The number of likely N-dealkylation sites (tertiary alicyclic amines) is 1. The van der Waals surface area contributed by atoms with E-state index < -0.39 is 0 Å². The largest absolute Gasteiger partial charge is 0.349 e. The van der Waals surface area contributed by atoms with Crippen LogP contribution in [-0.2, 0) is 0 Å². The highest BCUT2D eigenvalue weighted by molar-refractivity contribution is 7.21. The normalized spacial score (nSPS) is 15.1. The van der Waals surface area contributed by atoms with Crippen molar-refractivity contribution in [3.8, 4) is 0 Å². The highest BCUT2D eigenvalue weighted by Crippen LogP contribution is 2.36. The third-order valence-corrected chi connectivity index (χ3v) is 6.55. The smallest absolute Gasteiger partial charge is 0.265 e. The van der Waals surface area contributed by atoms with Crippen LogP contribution in [0.5, 0.6) is 0 Å². The Morgan fingerprint density at radius 1 is 1.00 bits per heavy atom. The van der Waals surface area contributed by atoms with Crippen molar-refractivity contribution in [3.63, 3.8) is 0 Å². The molecule has 1 aliphatic rings. The van der Waals surface area contributed by atoms with Crippen LogP contribution < -0.4 is 5.32 Å². The molecule has 4 nitrogen and oxygen atoms in total. The Morgan fingerprint density at radius 2 is 1.67 bits per heavy atom. The minimum absolute atomic E-state index is 0.0194. The number of carbonyl (C=O) groups excluding carboxylic acids is 2. The topological polar surface area (TPSA) is 49.4 Å². The van der Waals surface area contributed by atoms with E-state index in [4.69, 9.17) is 11.6 Å². The molecule has 1 saturated heterocycles. The Hall–Kier alpha value is -2.37. The van der Waals surface area contributed by atoms with Gasteiger partial charge in [-0.05, 0) is 31.0 Å². The first kappa shape index (κ1) is 18.0. The average molecular weight is 399 g/mol. The van der Waals surface area contributed by atoms with Crippen molar-refractivity contribution >= 4 is 44.8 Å². The highest BCUT2D eigenvalue weighted by Gasteiger charge is 2.27. The lowest BCUT2D eigenvalue weighted by Crippen LogP contribution is -2.46. The van der Waals surface area contributed by atoms with Crippen molar-refractivity contribution in [3.05, 3.63) is 70.1 Å². The van der Waals surface area contributed by atoms with Crippen molar-refractivity contribution in [1.29, 1.82) is 0 Å². The second kappa shape index (κ2) is 7.71. The number of fused-ring (bicyclic) bond motifs is 1. The predicted molar refractivity (Wildman–Crippen MR) is 110 cm³/mol. The molecule has 2 amide bonds. The summed E-state index contributed by atoms with van der Waals surface area (Å²) < 4.78 is 1.02. The fraction of sp³-hybridized carbons (Fsp3) is 0.238. The third kappa shape index (κ3) is 3.70. The molecule has 4 rings (SSSR count). The average Bonchev–Trinajstić information content (AvgIpc) is 3.05. The summed E-state index contributed by atoms with van der Waals surface area (Å²) in [7, 11) is 0. The van der Waals surface area contributed by atoms with Gasteiger partial charge in [-0.3, -0.25) is 9.59 Å². The van der Waals surface area contributed by atoms with Gasteiger partial charge in [0, 0.05) is 34.8 Å². The van der Waals surface area contributed by atoms with E-state index in [1.54, 1.807) is 12.1 Å². The number of amides is 2. The van der Waals surface area contributed by atoms with Crippen molar-refractivity contribution in [2.24, 2.45) is 0 Å². The van der Waals surface area contributed by atoms with Gasteiger partial charge in [-0.25, -0.2) is 0 Å². The van der Waals surface area contributed by atoms with Crippen molar-refractivity contribution in [2.75, 3.05) is 13.1 Å². The van der Waals surface area contributed by atoms with Gasteiger partial charge in [0.25, 0.3) is 11.8 Å². The summed E-state index contributed by atoms with van der Waals surface area (Å²) in [6, 6.07) is 17.1. The highest BCUT2D eigenvalue weighted by atomic mass is 35.5. The van der Waals surface area contributed by atoms with E-state index in [0.717, 1.165) is 22.9 Å².